The number of nitrogens with zero attached hydrogens (tertiary/aromatic N) is 1. The van der Waals surface area contributed by atoms with Gasteiger partial charge in [0.05, 0.1) is 6.04 Å². The van der Waals surface area contributed by atoms with Crippen LogP contribution in [0.5, 0.6) is 0 Å². The van der Waals surface area contributed by atoms with E-state index in [1.54, 1.807) is 0 Å². The molecule has 0 radical (unpaired) electrons. The number of hydrogen-bond donors (Lipinski definition) is 2. The minimum Gasteiger partial charge on any atom is -0.352 e. The third-order valence-electron chi connectivity index (χ3n) is 5.37. The summed E-state index contributed by atoms with van der Waals surface area (Å²) in [7, 11) is 0. The molecule has 2 rings (SSSR count). The first kappa shape index (κ1) is 15.8. The molecule has 116 valence electrons. The second-order valence-electron chi connectivity index (χ2n) is 7.38. The number of carbonyl (C=O) groups is 1. The largest absolute Gasteiger partial charge is 0.352 e. The van der Waals surface area contributed by atoms with Crippen LogP contribution in [-0.4, -0.2) is 42.5 Å². The lowest BCUT2D eigenvalue weighted by Crippen LogP contribution is -2.49. The molecule has 3 N–H and O–H groups in total. The van der Waals surface area contributed by atoms with Crippen LogP contribution >= 0.6 is 0 Å². The molecule has 0 aromatic heterocycles. The van der Waals surface area contributed by atoms with Crippen LogP contribution < -0.4 is 11.1 Å². The van der Waals surface area contributed by atoms with Crippen LogP contribution in [0.1, 0.15) is 52.9 Å². The summed E-state index contributed by atoms with van der Waals surface area (Å²) in [6.07, 6.45) is 5.87. The van der Waals surface area contributed by atoms with Crippen molar-refractivity contribution in [3.05, 3.63) is 0 Å². The number of nitrogens with one attached hydrogen (secondary N) is 1. The first-order valence-corrected chi connectivity index (χ1v) is 8.18. The summed E-state index contributed by atoms with van der Waals surface area (Å²) in [6, 6.07) is 0.368. The van der Waals surface area contributed by atoms with E-state index < -0.39 is 0 Å². The van der Waals surface area contributed by atoms with Gasteiger partial charge in [0.25, 0.3) is 0 Å². The summed E-state index contributed by atoms with van der Waals surface area (Å²) in [5, 5.41) is 3.25. The Balaban J connectivity index is 1.81. The smallest absolute Gasteiger partial charge is 0.237 e. The SMILES string of the molecule is CC1CCC(NC(=O)C(C)N2CCC(C)(CN)C2)CC1. The van der Waals surface area contributed by atoms with Gasteiger partial charge in [0.2, 0.25) is 5.91 Å². The highest BCUT2D eigenvalue weighted by Gasteiger charge is 2.36. The van der Waals surface area contributed by atoms with Gasteiger partial charge >= 0.3 is 0 Å². The number of hydrogen-bond acceptors (Lipinski definition) is 3. The van der Waals surface area contributed by atoms with Crippen LogP contribution in [0.15, 0.2) is 0 Å². The van der Waals surface area contributed by atoms with E-state index in [0.717, 1.165) is 38.3 Å². The van der Waals surface area contributed by atoms with E-state index in [1.165, 1.54) is 12.8 Å². The molecule has 4 nitrogen and oxygen atoms in total. The monoisotopic (exact) mass is 281 g/mol. The predicted molar refractivity (Wildman–Crippen MR) is 82.4 cm³/mol. The van der Waals surface area contributed by atoms with Crippen molar-refractivity contribution >= 4 is 5.91 Å². The van der Waals surface area contributed by atoms with E-state index in [2.05, 4.69) is 24.1 Å². The van der Waals surface area contributed by atoms with Crippen LogP contribution in [0.2, 0.25) is 0 Å². The summed E-state index contributed by atoms with van der Waals surface area (Å²) in [6.45, 7) is 9.20. The Morgan fingerprint density at radius 1 is 1.40 bits per heavy atom. The third kappa shape index (κ3) is 3.73. The zero-order valence-corrected chi connectivity index (χ0v) is 13.3. The zero-order chi connectivity index (χ0) is 14.8. The molecule has 0 aromatic rings. The summed E-state index contributed by atoms with van der Waals surface area (Å²) in [5.41, 5.74) is 6.03. The van der Waals surface area contributed by atoms with E-state index in [1.807, 2.05) is 6.92 Å². The van der Waals surface area contributed by atoms with Crippen molar-refractivity contribution in [1.82, 2.24) is 10.2 Å². The number of rotatable bonds is 4. The maximum absolute atomic E-state index is 12.4. The molecule has 1 saturated carbocycles. The average Bonchev–Trinajstić information content (AvgIpc) is 2.84. The Kier molecular flexibility index (Phi) is 5.08. The first-order valence-electron chi connectivity index (χ1n) is 8.18. The maximum Gasteiger partial charge on any atom is 0.237 e. The Bertz CT molecular complexity index is 339. The van der Waals surface area contributed by atoms with Crippen molar-refractivity contribution in [3.8, 4) is 0 Å². The quantitative estimate of drug-likeness (QED) is 0.825. The van der Waals surface area contributed by atoms with Crippen molar-refractivity contribution < 1.29 is 4.79 Å². The van der Waals surface area contributed by atoms with Gasteiger partial charge in [-0.05, 0) is 63.5 Å². The fourth-order valence-corrected chi connectivity index (χ4v) is 3.45. The van der Waals surface area contributed by atoms with Crippen LogP contribution in [0.25, 0.3) is 0 Å². The lowest BCUT2D eigenvalue weighted by Gasteiger charge is -2.31. The number of likely N-dealkylation sites (tertiary alicyclic amines) is 1. The molecule has 20 heavy (non-hydrogen) atoms. The number of amides is 1. The molecular formula is C16H31N3O. The molecular weight excluding hydrogens is 250 g/mol. The average molecular weight is 281 g/mol. The topological polar surface area (TPSA) is 58.4 Å². The molecule has 0 bridgehead atoms. The highest BCUT2D eigenvalue weighted by molar-refractivity contribution is 5.81. The van der Waals surface area contributed by atoms with Crippen LogP contribution in [0.3, 0.4) is 0 Å². The zero-order valence-electron chi connectivity index (χ0n) is 13.3. The fourth-order valence-electron chi connectivity index (χ4n) is 3.45. The van der Waals surface area contributed by atoms with Gasteiger partial charge in [-0.15, -0.1) is 0 Å². The molecule has 0 aromatic carbocycles. The lowest BCUT2D eigenvalue weighted by molar-refractivity contribution is -0.126. The van der Waals surface area contributed by atoms with E-state index in [0.29, 0.717) is 12.6 Å². The first-order chi connectivity index (χ1) is 9.43. The summed E-state index contributed by atoms with van der Waals surface area (Å²) in [4.78, 5) is 14.7. The second-order valence-corrected chi connectivity index (χ2v) is 7.38. The predicted octanol–water partition coefficient (Wildman–Crippen LogP) is 1.74. The Morgan fingerprint density at radius 3 is 2.60 bits per heavy atom. The van der Waals surface area contributed by atoms with Crippen molar-refractivity contribution in [2.45, 2.75) is 65.0 Å². The molecule has 0 spiro atoms. The highest BCUT2D eigenvalue weighted by Crippen LogP contribution is 2.30. The van der Waals surface area contributed by atoms with Crippen LogP contribution in [0.4, 0.5) is 0 Å². The molecule has 2 fully saturated rings. The van der Waals surface area contributed by atoms with Gasteiger partial charge in [-0.3, -0.25) is 9.69 Å². The molecule has 1 heterocycles. The number of nitrogens with two attached hydrogens (primary N) is 1. The van der Waals surface area contributed by atoms with Crippen LogP contribution in [-0.2, 0) is 4.79 Å². The van der Waals surface area contributed by atoms with Gasteiger partial charge in [-0.25, -0.2) is 0 Å². The molecule has 4 heteroatoms. The van der Waals surface area contributed by atoms with Gasteiger partial charge < -0.3 is 11.1 Å². The van der Waals surface area contributed by atoms with Gasteiger partial charge in [0.15, 0.2) is 0 Å². The van der Waals surface area contributed by atoms with Gasteiger partial charge in [0.1, 0.15) is 0 Å². The highest BCUT2D eigenvalue weighted by atomic mass is 16.2. The molecule has 1 amide bonds. The summed E-state index contributed by atoms with van der Waals surface area (Å²) < 4.78 is 0. The molecule has 2 unspecified atom stereocenters. The third-order valence-corrected chi connectivity index (χ3v) is 5.37. The van der Waals surface area contributed by atoms with E-state index in [-0.39, 0.29) is 17.4 Å². The van der Waals surface area contributed by atoms with E-state index >= 15 is 0 Å². The second kappa shape index (κ2) is 6.44. The van der Waals surface area contributed by atoms with E-state index in [9.17, 15) is 4.79 Å². The lowest BCUT2D eigenvalue weighted by atomic mass is 9.87. The van der Waals surface area contributed by atoms with Crippen molar-refractivity contribution in [1.29, 1.82) is 0 Å². The molecule has 1 aliphatic carbocycles. The number of carbonyl (C=O) groups excluding carboxylic acids is 1. The minimum atomic E-state index is -0.0253. The normalized spacial score (nSPS) is 36.8. The summed E-state index contributed by atoms with van der Waals surface area (Å²) >= 11 is 0. The molecule has 1 saturated heterocycles. The van der Waals surface area contributed by atoms with E-state index in [4.69, 9.17) is 5.73 Å². The molecule has 1 aliphatic heterocycles. The summed E-state index contributed by atoms with van der Waals surface area (Å²) in [5.74, 6) is 1.02. The minimum absolute atomic E-state index is 0.0253. The van der Waals surface area contributed by atoms with Crippen molar-refractivity contribution in [2.24, 2.45) is 17.1 Å². The fraction of sp³-hybridized carbons (Fsp3) is 0.938. The Morgan fingerprint density at radius 2 is 2.05 bits per heavy atom. The van der Waals surface area contributed by atoms with Gasteiger partial charge in [-0.2, -0.15) is 0 Å². The molecule has 2 atom stereocenters. The van der Waals surface area contributed by atoms with Gasteiger partial charge in [0, 0.05) is 12.6 Å². The molecule has 2 aliphatic rings. The van der Waals surface area contributed by atoms with Crippen molar-refractivity contribution in [2.75, 3.05) is 19.6 Å². The van der Waals surface area contributed by atoms with Gasteiger partial charge in [-0.1, -0.05) is 13.8 Å². The van der Waals surface area contributed by atoms with Crippen molar-refractivity contribution in [3.63, 3.8) is 0 Å². The maximum atomic E-state index is 12.4. The Labute approximate surface area is 123 Å². The Hall–Kier alpha value is -0.610. The van der Waals surface area contributed by atoms with Crippen LogP contribution in [0, 0.1) is 11.3 Å². The standard InChI is InChI=1S/C16H31N3O/c1-12-4-6-14(7-5-12)18-15(20)13(2)19-9-8-16(3,10-17)11-19/h12-14H,4-11,17H2,1-3H3,(H,18,20).